The summed E-state index contributed by atoms with van der Waals surface area (Å²) in [5.74, 6) is -0.276. The predicted octanol–water partition coefficient (Wildman–Crippen LogP) is 3.63. The predicted molar refractivity (Wildman–Crippen MR) is 135 cm³/mol. The van der Waals surface area contributed by atoms with Gasteiger partial charge in [-0.3, -0.25) is 13.9 Å². The lowest BCUT2D eigenvalue weighted by Gasteiger charge is -2.24. The van der Waals surface area contributed by atoms with Crippen molar-refractivity contribution in [2.45, 2.75) is 37.8 Å². The standard InChI is InChI=1S/C27H29N3O4S/c1-21-9-7-12-24(17-21)30(35(33,34)25-13-3-2-4-14-25)20-26(31)28-18-22-10-5-6-11-23(22)19-29-16-8-15-27(29)32/h2-7,9-14,17H,8,15-16,18-20H2,1H3,(H,28,31). The van der Waals surface area contributed by atoms with Crippen molar-refractivity contribution in [3.8, 4) is 0 Å². The fourth-order valence-electron chi connectivity index (χ4n) is 4.16. The third-order valence-electron chi connectivity index (χ3n) is 6.04. The molecule has 0 atom stereocenters. The van der Waals surface area contributed by atoms with E-state index in [4.69, 9.17) is 0 Å². The van der Waals surface area contributed by atoms with Crippen molar-refractivity contribution in [2.24, 2.45) is 0 Å². The van der Waals surface area contributed by atoms with Crippen molar-refractivity contribution < 1.29 is 18.0 Å². The van der Waals surface area contributed by atoms with Crippen LogP contribution in [-0.2, 0) is 32.7 Å². The second-order valence-electron chi connectivity index (χ2n) is 8.63. The zero-order valence-corrected chi connectivity index (χ0v) is 20.5. The normalized spacial score (nSPS) is 13.6. The lowest BCUT2D eigenvalue weighted by molar-refractivity contribution is -0.128. The first-order valence-electron chi connectivity index (χ1n) is 11.6. The van der Waals surface area contributed by atoms with Crippen LogP contribution >= 0.6 is 0 Å². The van der Waals surface area contributed by atoms with Crippen molar-refractivity contribution >= 4 is 27.5 Å². The molecule has 1 aliphatic heterocycles. The molecule has 1 heterocycles. The summed E-state index contributed by atoms with van der Waals surface area (Å²) in [6, 6.07) is 22.8. The largest absolute Gasteiger partial charge is 0.350 e. The maximum Gasteiger partial charge on any atom is 0.264 e. The number of likely N-dealkylation sites (tertiary alicyclic amines) is 1. The summed E-state index contributed by atoms with van der Waals surface area (Å²) in [5.41, 5.74) is 3.18. The first kappa shape index (κ1) is 24.5. The van der Waals surface area contributed by atoms with Crippen molar-refractivity contribution in [3.05, 3.63) is 95.6 Å². The van der Waals surface area contributed by atoms with Crippen LogP contribution < -0.4 is 9.62 Å². The highest BCUT2D eigenvalue weighted by atomic mass is 32.2. The van der Waals surface area contributed by atoms with Gasteiger partial charge in [0.15, 0.2) is 0 Å². The van der Waals surface area contributed by atoms with Crippen LogP contribution in [0.25, 0.3) is 0 Å². The summed E-state index contributed by atoms with van der Waals surface area (Å²) in [5, 5.41) is 2.87. The minimum Gasteiger partial charge on any atom is -0.350 e. The average Bonchev–Trinajstić information content (AvgIpc) is 3.26. The average molecular weight is 492 g/mol. The molecular weight excluding hydrogens is 462 g/mol. The fraction of sp³-hybridized carbons (Fsp3) is 0.259. The zero-order chi connectivity index (χ0) is 24.8. The van der Waals surface area contributed by atoms with Crippen molar-refractivity contribution in [1.82, 2.24) is 10.2 Å². The maximum atomic E-state index is 13.4. The van der Waals surface area contributed by atoms with E-state index >= 15 is 0 Å². The molecule has 0 aromatic heterocycles. The van der Waals surface area contributed by atoms with Crippen molar-refractivity contribution in [2.75, 3.05) is 17.4 Å². The van der Waals surface area contributed by atoms with Gasteiger partial charge in [-0.15, -0.1) is 0 Å². The van der Waals surface area contributed by atoms with Gasteiger partial charge < -0.3 is 10.2 Å². The van der Waals surface area contributed by atoms with Crippen LogP contribution in [-0.4, -0.2) is 38.2 Å². The monoisotopic (exact) mass is 491 g/mol. The van der Waals surface area contributed by atoms with Gasteiger partial charge in [0.05, 0.1) is 10.6 Å². The molecular formula is C27H29N3O4S. The van der Waals surface area contributed by atoms with E-state index in [0.29, 0.717) is 18.7 Å². The number of sulfonamides is 1. The lowest BCUT2D eigenvalue weighted by atomic mass is 10.1. The van der Waals surface area contributed by atoms with Crippen LogP contribution in [0.15, 0.2) is 83.8 Å². The van der Waals surface area contributed by atoms with E-state index in [2.05, 4.69) is 5.32 Å². The molecule has 1 fully saturated rings. The maximum absolute atomic E-state index is 13.4. The van der Waals surface area contributed by atoms with Crippen molar-refractivity contribution in [3.63, 3.8) is 0 Å². The Morgan fingerprint density at radius 2 is 1.69 bits per heavy atom. The van der Waals surface area contributed by atoms with E-state index in [1.54, 1.807) is 36.4 Å². The molecule has 4 rings (SSSR count). The zero-order valence-electron chi connectivity index (χ0n) is 19.7. The van der Waals surface area contributed by atoms with Crippen LogP contribution in [0.1, 0.15) is 29.5 Å². The SMILES string of the molecule is Cc1cccc(N(CC(=O)NCc2ccccc2CN2CCCC2=O)S(=O)(=O)c2ccccc2)c1. The summed E-state index contributed by atoms with van der Waals surface area (Å²) in [6.07, 6.45) is 1.44. The number of rotatable bonds is 9. The molecule has 3 aromatic carbocycles. The summed E-state index contributed by atoms with van der Waals surface area (Å²) in [7, 11) is -3.95. The number of nitrogens with one attached hydrogen (secondary N) is 1. The summed E-state index contributed by atoms with van der Waals surface area (Å²) in [4.78, 5) is 27.0. The molecule has 0 radical (unpaired) electrons. The quantitative estimate of drug-likeness (QED) is 0.495. The molecule has 1 saturated heterocycles. The minimum absolute atomic E-state index is 0.120. The number of anilines is 1. The van der Waals surface area contributed by atoms with Gasteiger partial charge in [0.25, 0.3) is 10.0 Å². The highest BCUT2D eigenvalue weighted by Crippen LogP contribution is 2.24. The minimum atomic E-state index is -3.95. The van der Waals surface area contributed by atoms with E-state index in [-0.39, 0.29) is 23.9 Å². The topological polar surface area (TPSA) is 86.8 Å². The molecule has 0 spiro atoms. The Bertz CT molecular complexity index is 1310. The molecule has 0 bridgehead atoms. The van der Waals surface area contributed by atoms with Crippen LogP contribution in [0.2, 0.25) is 0 Å². The Balaban J connectivity index is 1.51. The molecule has 0 aliphatic carbocycles. The van der Waals surface area contributed by atoms with Crippen LogP contribution in [0, 0.1) is 6.92 Å². The smallest absolute Gasteiger partial charge is 0.264 e. The number of benzene rings is 3. The molecule has 1 N–H and O–H groups in total. The number of nitrogens with zero attached hydrogens (tertiary/aromatic N) is 2. The van der Waals surface area contributed by atoms with Gasteiger partial charge in [-0.1, -0.05) is 54.6 Å². The van der Waals surface area contributed by atoms with Gasteiger partial charge in [0.2, 0.25) is 11.8 Å². The Labute approximate surface area is 206 Å². The highest BCUT2D eigenvalue weighted by molar-refractivity contribution is 7.92. The lowest BCUT2D eigenvalue weighted by Crippen LogP contribution is -2.40. The van der Waals surface area contributed by atoms with Crippen molar-refractivity contribution in [1.29, 1.82) is 0 Å². The molecule has 35 heavy (non-hydrogen) atoms. The number of carbonyl (C=O) groups is 2. The first-order chi connectivity index (χ1) is 16.8. The second kappa shape index (κ2) is 10.7. The molecule has 0 saturated carbocycles. The van der Waals surface area contributed by atoms with Gasteiger partial charge in [-0.2, -0.15) is 0 Å². The number of amides is 2. The fourth-order valence-corrected chi connectivity index (χ4v) is 5.59. The van der Waals surface area contributed by atoms with E-state index in [0.717, 1.165) is 34.0 Å². The number of carbonyl (C=O) groups excluding carboxylic acids is 2. The van der Waals surface area contributed by atoms with E-state index in [1.807, 2.05) is 42.2 Å². The van der Waals surface area contributed by atoms with Gasteiger partial charge in [0.1, 0.15) is 6.54 Å². The molecule has 3 aromatic rings. The molecule has 7 nitrogen and oxygen atoms in total. The first-order valence-corrected chi connectivity index (χ1v) is 13.0. The second-order valence-corrected chi connectivity index (χ2v) is 10.5. The third kappa shape index (κ3) is 5.89. The van der Waals surface area contributed by atoms with Crippen LogP contribution in [0.5, 0.6) is 0 Å². The Morgan fingerprint density at radius 3 is 2.37 bits per heavy atom. The highest BCUT2D eigenvalue weighted by Gasteiger charge is 2.27. The van der Waals surface area contributed by atoms with Gasteiger partial charge in [0, 0.05) is 26.1 Å². The molecule has 8 heteroatoms. The molecule has 182 valence electrons. The van der Waals surface area contributed by atoms with Gasteiger partial charge in [-0.25, -0.2) is 8.42 Å². The summed E-state index contributed by atoms with van der Waals surface area (Å²) in [6.45, 7) is 3.00. The van der Waals surface area contributed by atoms with Gasteiger partial charge >= 0.3 is 0 Å². The summed E-state index contributed by atoms with van der Waals surface area (Å²) < 4.78 is 28.0. The van der Waals surface area contributed by atoms with E-state index < -0.39 is 15.9 Å². The number of hydrogen-bond acceptors (Lipinski definition) is 4. The number of aryl methyl sites for hydroxylation is 1. The Kier molecular flexibility index (Phi) is 7.51. The Morgan fingerprint density at radius 1 is 0.971 bits per heavy atom. The van der Waals surface area contributed by atoms with Crippen LogP contribution in [0.4, 0.5) is 5.69 Å². The molecule has 0 unspecified atom stereocenters. The molecule has 1 aliphatic rings. The molecule has 2 amide bonds. The van der Waals surface area contributed by atoms with E-state index in [1.165, 1.54) is 12.1 Å². The van der Waals surface area contributed by atoms with E-state index in [9.17, 15) is 18.0 Å². The van der Waals surface area contributed by atoms with Gasteiger partial charge in [-0.05, 0) is 54.3 Å². The third-order valence-corrected chi connectivity index (χ3v) is 7.82. The number of hydrogen-bond donors (Lipinski definition) is 1. The van der Waals surface area contributed by atoms with Crippen LogP contribution in [0.3, 0.4) is 0 Å². The summed E-state index contributed by atoms with van der Waals surface area (Å²) >= 11 is 0. The Hall–Kier alpha value is -3.65.